The number of piperidine rings is 1. The Balaban J connectivity index is 1.57. The average molecular weight is 372 g/mol. The molecule has 116 valence electrons. The van der Waals surface area contributed by atoms with Crippen LogP contribution in [0, 0.1) is 5.92 Å². The second kappa shape index (κ2) is 7.34. The predicted molar refractivity (Wildman–Crippen MR) is 94.7 cm³/mol. The Hall–Kier alpha value is -0.250. The van der Waals surface area contributed by atoms with Crippen LogP contribution in [0.25, 0.3) is 0 Å². The predicted octanol–water partition coefficient (Wildman–Crippen LogP) is 4.55. The number of anilines is 1. The summed E-state index contributed by atoms with van der Waals surface area (Å²) in [7, 11) is 0. The maximum absolute atomic E-state index is 6.11. The first-order chi connectivity index (χ1) is 10.3. The van der Waals surface area contributed by atoms with Crippen molar-refractivity contribution in [3.05, 3.63) is 28.8 Å². The van der Waals surface area contributed by atoms with Gasteiger partial charge in [-0.2, -0.15) is 0 Å². The van der Waals surface area contributed by atoms with E-state index in [1.165, 1.54) is 69.7 Å². The minimum absolute atomic E-state index is 0.831. The number of halogens is 2. The van der Waals surface area contributed by atoms with Crippen molar-refractivity contribution >= 4 is 33.2 Å². The molecule has 0 aliphatic carbocycles. The first-order valence-corrected chi connectivity index (χ1v) is 9.58. The SMILES string of the molecule is Clc1ccc(N2CCC(CN3CCCC3)CC2)c(CBr)c1. The maximum atomic E-state index is 6.11. The second-order valence-corrected chi connectivity index (χ2v) is 7.34. The lowest BCUT2D eigenvalue weighted by atomic mass is 9.95. The van der Waals surface area contributed by atoms with Gasteiger partial charge in [-0.15, -0.1) is 0 Å². The van der Waals surface area contributed by atoms with Crippen molar-refractivity contribution in [2.45, 2.75) is 31.0 Å². The zero-order valence-electron chi connectivity index (χ0n) is 12.5. The lowest BCUT2D eigenvalue weighted by Crippen LogP contribution is -2.38. The fourth-order valence-electron chi connectivity index (χ4n) is 3.66. The van der Waals surface area contributed by atoms with Gasteiger partial charge in [-0.05, 0) is 68.5 Å². The van der Waals surface area contributed by atoms with E-state index in [-0.39, 0.29) is 0 Å². The summed E-state index contributed by atoms with van der Waals surface area (Å²) in [5, 5.41) is 1.70. The van der Waals surface area contributed by atoms with Crippen LogP contribution in [0.4, 0.5) is 5.69 Å². The van der Waals surface area contributed by atoms with Gasteiger partial charge in [0.25, 0.3) is 0 Å². The summed E-state index contributed by atoms with van der Waals surface area (Å²) in [5.74, 6) is 0.888. The molecule has 0 radical (unpaired) electrons. The fourth-order valence-corrected chi connectivity index (χ4v) is 4.30. The van der Waals surface area contributed by atoms with Crippen molar-refractivity contribution in [1.29, 1.82) is 0 Å². The Morgan fingerprint density at radius 3 is 2.48 bits per heavy atom. The molecule has 0 amide bonds. The van der Waals surface area contributed by atoms with E-state index in [1.54, 1.807) is 0 Å². The third kappa shape index (κ3) is 3.94. The Labute approximate surface area is 141 Å². The molecule has 0 spiro atoms. The number of benzene rings is 1. The third-order valence-electron chi connectivity index (χ3n) is 4.86. The average Bonchev–Trinajstić information content (AvgIpc) is 3.01. The van der Waals surface area contributed by atoms with Gasteiger partial charge >= 0.3 is 0 Å². The van der Waals surface area contributed by atoms with Gasteiger partial charge in [-0.3, -0.25) is 0 Å². The molecule has 2 saturated heterocycles. The minimum Gasteiger partial charge on any atom is -0.371 e. The maximum Gasteiger partial charge on any atom is 0.0410 e. The van der Waals surface area contributed by atoms with E-state index in [0.717, 1.165) is 16.3 Å². The Bertz CT molecular complexity index is 466. The lowest BCUT2D eigenvalue weighted by Gasteiger charge is -2.36. The molecule has 2 fully saturated rings. The molecule has 2 aliphatic rings. The molecule has 2 aliphatic heterocycles. The van der Waals surface area contributed by atoms with Gasteiger partial charge in [-0.1, -0.05) is 27.5 Å². The molecule has 0 N–H and O–H groups in total. The largest absolute Gasteiger partial charge is 0.371 e. The Kier molecular flexibility index (Phi) is 5.47. The van der Waals surface area contributed by atoms with Gasteiger partial charge in [-0.25, -0.2) is 0 Å². The van der Waals surface area contributed by atoms with E-state index in [2.05, 4.69) is 37.9 Å². The van der Waals surface area contributed by atoms with Gasteiger partial charge in [0.15, 0.2) is 0 Å². The standard InChI is InChI=1S/C17H24BrClN2/c18-12-15-11-16(19)3-4-17(15)21-9-5-14(6-10-21)13-20-7-1-2-8-20/h3-4,11,14H,1-2,5-10,12-13H2. The van der Waals surface area contributed by atoms with Crippen LogP contribution in [-0.2, 0) is 5.33 Å². The van der Waals surface area contributed by atoms with Gasteiger partial charge in [0.1, 0.15) is 0 Å². The van der Waals surface area contributed by atoms with Gasteiger partial charge in [0.2, 0.25) is 0 Å². The Morgan fingerprint density at radius 1 is 1.10 bits per heavy atom. The highest BCUT2D eigenvalue weighted by atomic mass is 79.9. The molecule has 0 atom stereocenters. The van der Waals surface area contributed by atoms with E-state index in [0.29, 0.717) is 0 Å². The van der Waals surface area contributed by atoms with Crippen LogP contribution in [0.5, 0.6) is 0 Å². The van der Waals surface area contributed by atoms with E-state index < -0.39 is 0 Å². The van der Waals surface area contributed by atoms with Crippen molar-refractivity contribution < 1.29 is 0 Å². The van der Waals surface area contributed by atoms with Gasteiger partial charge in [0.05, 0.1) is 0 Å². The molecular formula is C17H24BrClN2. The molecule has 2 nitrogen and oxygen atoms in total. The van der Waals surface area contributed by atoms with Crippen LogP contribution in [0.3, 0.4) is 0 Å². The number of likely N-dealkylation sites (tertiary alicyclic amines) is 1. The topological polar surface area (TPSA) is 6.48 Å². The van der Waals surface area contributed by atoms with Crippen LogP contribution in [0.15, 0.2) is 18.2 Å². The van der Waals surface area contributed by atoms with Crippen molar-refractivity contribution in [2.75, 3.05) is 37.6 Å². The summed E-state index contributed by atoms with van der Waals surface area (Å²) in [6.07, 6.45) is 5.44. The zero-order valence-corrected chi connectivity index (χ0v) is 14.9. The molecule has 4 heteroatoms. The Morgan fingerprint density at radius 2 is 1.81 bits per heavy atom. The normalized spacial score (nSPS) is 21.1. The highest BCUT2D eigenvalue weighted by molar-refractivity contribution is 9.08. The summed E-state index contributed by atoms with van der Waals surface area (Å²) in [6.45, 7) is 6.33. The molecule has 0 bridgehead atoms. The zero-order chi connectivity index (χ0) is 14.7. The highest BCUT2D eigenvalue weighted by Gasteiger charge is 2.23. The first kappa shape index (κ1) is 15.6. The molecule has 3 rings (SSSR count). The third-order valence-corrected chi connectivity index (χ3v) is 5.70. The van der Waals surface area contributed by atoms with Gasteiger partial charge in [0, 0.05) is 35.7 Å². The monoisotopic (exact) mass is 370 g/mol. The molecule has 0 unspecified atom stereocenters. The van der Waals surface area contributed by atoms with Crippen molar-refractivity contribution in [3.63, 3.8) is 0 Å². The number of nitrogens with zero attached hydrogens (tertiary/aromatic N) is 2. The number of hydrogen-bond acceptors (Lipinski definition) is 2. The smallest absolute Gasteiger partial charge is 0.0410 e. The minimum atomic E-state index is 0.831. The van der Waals surface area contributed by atoms with E-state index in [9.17, 15) is 0 Å². The summed E-state index contributed by atoms with van der Waals surface area (Å²) < 4.78 is 0. The van der Waals surface area contributed by atoms with Crippen LogP contribution in [0.1, 0.15) is 31.2 Å². The molecule has 21 heavy (non-hydrogen) atoms. The highest BCUT2D eigenvalue weighted by Crippen LogP contribution is 2.30. The van der Waals surface area contributed by atoms with Crippen LogP contribution in [0.2, 0.25) is 5.02 Å². The van der Waals surface area contributed by atoms with Gasteiger partial charge < -0.3 is 9.80 Å². The van der Waals surface area contributed by atoms with Crippen molar-refractivity contribution in [3.8, 4) is 0 Å². The van der Waals surface area contributed by atoms with Crippen molar-refractivity contribution in [1.82, 2.24) is 4.90 Å². The summed E-state index contributed by atoms with van der Waals surface area (Å²) in [5.41, 5.74) is 2.66. The number of hydrogen-bond donors (Lipinski definition) is 0. The van der Waals surface area contributed by atoms with Crippen molar-refractivity contribution in [2.24, 2.45) is 5.92 Å². The molecular weight excluding hydrogens is 348 g/mol. The molecule has 0 aromatic heterocycles. The fraction of sp³-hybridized carbons (Fsp3) is 0.647. The number of rotatable bonds is 4. The van der Waals surface area contributed by atoms with Crippen LogP contribution in [-0.4, -0.2) is 37.6 Å². The summed E-state index contributed by atoms with van der Waals surface area (Å²) >= 11 is 9.70. The summed E-state index contributed by atoms with van der Waals surface area (Å²) in [4.78, 5) is 5.19. The molecule has 1 aromatic rings. The van der Waals surface area contributed by atoms with Crippen LogP contribution >= 0.6 is 27.5 Å². The molecule has 1 aromatic carbocycles. The van der Waals surface area contributed by atoms with E-state index in [4.69, 9.17) is 11.6 Å². The van der Waals surface area contributed by atoms with E-state index in [1.807, 2.05) is 6.07 Å². The molecule has 2 heterocycles. The first-order valence-electron chi connectivity index (χ1n) is 8.08. The second-order valence-electron chi connectivity index (χ2n) is 6.34. The quantitative estimate of drug-likeness (QED) is 0.717. The lowest BCUT2D eigenvalue weighted by molar-refractivity contribution is 0.249. The number of alkyl halides is 1. The summed E-state index contributed by atoms with van der Waals surface area (Å²) in [6, 6.07) is 6.28. The molecule has 0 saturated carbocycles. The van der Waals surface area contributed by atoms with Crippen LogP contribution < -0.4 is 4.90 Å². The van der Waals surface area contributed by atoms with E-state index >= 15 is 0 Å².